The zero-order valence-electron chi connectivity index (χ0n) is 14.9. The zero-order chi connectivity index (χ0) is 18.0. The van der Waals surface area contributed by atoms with E-state index in [1.54, 1.807) is 0 Å². The van der Waals surface area contributed by atoms with Crippen LogP contribution in [-0.4, -0.2) is 10.2 Å². The number of aromatic amines is 1. The second-order valence-corrected chi connectivity index (χ2v) is 11.1. The molecule has 6 rings (SSSR count). The lowest BCUT2D eigenvalue weighted by Gasteiger charge is -2.40. The molecule has 2 saturated carbocycles. The van der Waals surface area contributed by atoms with Crippen molar-refractivity contribution in [1.82, 2.24) is 4.98 Å². The van der Waals surface area contributed by atoms with Crippen molar-refractivity contribution in [3.05, 3.63) is 69.0 Å². The van der Waals surface area contributed by atoms with Gasteiger partial charge in [-0.3, -0.25) is 0 Å². The van der Waals surface area contributed by atoms with Gasteiger partial charge in [0.05, 0.1) is 5.03 Å². The molecule has 2 bridgehead atoms. The van der Waals surface area contributed by atoms with Crippen molar-refractivity contribution in [3.8, 4) is 11.1 Å². The van der Waals surface area contributed by atoms with Gasteiger partial charge in [-0.05, 0) is 65.9 Å². The number of benzene rings is 2. The molecule has 2 aromatic carbocycles. The Kier molecular flexibility index (Phi) is 3.89. The Balaban J connectivity index is 1.44. The molecule has 5 atom stereocenters. The first-order chi connectivity index (χ1) is 13.3. The molecule has 0 amide bonds. The second-order valence-electron chi connectivity index (χ2n) is 8.17. The summed E-state index contributed by atoms with van der Waals surface area (Å²) < 4.78 is 0.936. The summed E-state index contributed by atoms with van der Waals surface area (Å²) in [7, 11) is 0. The normalized spacial score (nSPS) is 30.9. The lowest BCUT2D eigenvalue weighted by atomic mass is 9.74. The zero-order valence-corrected chi connectivity index (χ0v) is 17.4. The molecule has 1 aliphatic heterocycles. The van der Waals surface area contributed by atoms with Gasteiger partial charge in [0.15, 0.2) is 3.95 Å². The van der Waals surface area contributed by atoms with Gasteiger partial charge in [-0.25, -0.2) is 0 Å². The summed E-state index contributed by atoms with van der Waals surface area (Å²) in [4.78, 5) is 4.99. The Morgan fingerprint density at radius 3 is 2.44 bits per heavy atom. The van der Waals surface area contributed by atoms with E-state index in [2.05, 4.69) is 71.3 Å². The Morgan fingerprint density at radius 2 is 1.63 bits per heavy atom. The molecule has 4 heteroatoms. The Bertz CT molecular complexity index is 1030. The van der Waals surface area contributed by atoms with Gasteiger partial charge < -0.3 is 4.98 Å². The fraction of sp³-hybridized carbons (Fsp3) is 0.348. The van der Waals surface area contributed by atoms with Crippen LogP contribution < -0.4 is 0 Å². The molecule has 2 heterocycles. The molecule has 1 aromatic heterocycles. The summed E-state index contributed by atoms with van der Waals surface area (Å²) in [5.74, 6) is 3.11. The van der Waals surface area contributed by atoms with E-state index in [4.69, 9.17) is 12.2 Å². The standard InChI is InChI=1S/C23H21NS3/c25-23-24-22-21(27-23)18(19-16-10-11-17(12-16)20(19)26-22)15-8-6-14(7-9-15)13-4-2-1-3-5-13/h1-9,16-20H,10-12H2,(H,24,25). The minimum atomic E-state index is 0.518. The van der Waals surface area contributed by atoms with Crippen molar-refractivity contribution >= 4 is 35.3 Å². The summed E-state index contributed by atoms with van der Waals surface area (Å²) >= 11 is 9.43. The average Bonchev–Trinajstić information content (AvgIpc) is 3.41. The second kappa shape index (κ2) is 6.33. The van der Waals surface area contributed by atoms with Gasteiger partial charge in [-0.15, -0.1) is 23.1 Å². The van der Waals surface area contributed by atoms with Gasteiger partial charge in [0.1, 0.15) is 0 Å². The van der Waals surface area contributed by atoms with Crippen molar-refractivity contribution in [1.29, 1.82) is 0 Å². The van der Waals surface area contributed by atoms with Crippen LogP contribution in [0.5, 0.6) is 0 Å². The molecule has 3 aromatic rings. The number of hydrogen-bond acceptors (Lipinski definition) is 3. The highest BCUT2D eigenvalue weighted by atomic mass is 32.2. The van der Waals surface area contributed by atoms with E-state index < -0.39 is 0 Å². The van der Waals surface area contributed by atoms with Gasteiger partial charge in [0, 0.05) is 16.0 Å². The summed E-state index contributed by atoms with van der Waals surface area (Å²) in [6.45, 7) is 0. The van der Waals surface area contributed by atoms with Crippen LogP contribution in [0.2, 0.25) is 0 Å². The van der Waals surface area contributed by atoms with Gasteiger partial charge >= 0.3 is 0 Å². The largest absolute Gasteiger partial charge is 0.332 e. The number of H-pyrrole nitrogens is 1. The van der Waals surface area contributed by atoms with E-state index in [1.807, 2.05) is 11.3 Å². The molecule has 1 N–H and O–H groups in total. The average molecular weight is 408 g/mol. The van der Waals surface area contributed by atoms with Crippen molar-refractivity contribution in [3.63, 3.8) is 0 Å². The topological polar surface area (TPSA) is 15.8 Å². The molecule has 2 fully saturated rings. The molecule has 2 aliphatic carbocycles. The van der Waals surface area contributed by atoms with Crippen LogP contribution in [0, 0.1) is 21.7 Å². The first kappa shape index (κ1) is 16.6. The maximum Gasteiger partial charge on any atom is 0.159 e. The Labute approximate surface area is 173 Å². The molecular weight excluding hydrogens is 386 g/mol. The van der Waals surface area contributed by atoms with Crippen LogP contribution in [-0.2, 0) is 0 Å². The van der Waals surface area contributed by atoms with Crippen LogP contribution in [0.4, 0.5) is 0 Å². The molecule has 0 saturated heterocycles. The molecule has 1 nitrogen and oxygen atoms in total. The predicted octanol–water partition coefficient (Wildman–Crippen LogP) is 7.12. The predicted molar refractivity (Wildman–Crippen MR) is 117 cm³/mol. The van der Waals surface area contributed by atoms with Crippen molar-refractivity contribution in [2.45, 2.75) is 35.5 Å². The number of nitrogens with one attached hydrogen (secondary N) is 1. The Morgan fingerprint density at radius 1 is 0.889 bits per heavy atom. The van der Waals surface area contributed by atoms with Gasteiger partial charge in [0.2, 0.25) is 0 Å². The van der Waals surface area contributed by atoms with E-state index in [1.165, 1.54) is 45.9 Å². The highest BCUT2D eigenvalue weighted by Gasteiger charge is 2.54. The number of thioether (sulfide) groups is 1. The van der Waals surface area contributed by atoms with E-state index in [0.29, 0.717) is 5.92 Å². The first-order valence-corrected chi connectivity index (χ1v) is 11.9. The van der Waals surface area contributed by atoms with Gasteiger partial charge in [0.25, 0.3) is 0 Å². The highest BCUT2D eigenvalue weighted by molar-refractivity contribution is 8.00. The fourth-order valence-electron chi connectivity index (χ4n) is 5.74. The number of thiazole rings is 1. The molecular formula is C23H21NS3. The number of rotatable bonds is 2. The van der Waals surface area contributed by atoms with Crippen LogP contribution >= 0.6 is 35.3 Å². The lowest BCUT2D eigenvalue weighted by molar-refractivity contribution is 0.307. The SMILES string of the molecule is S=c1[nH]c2c(s1)C(c1ccc(-c3ccccc3)cc1)C1C3CCC(C3)C1S2. The fourth-order valence-corrected chi connectivity index (χ4v) is 9.08. The molecule has 0 spiro atoms. The summed E-state index contributed by atoms with van der Waals surface area (Å²) in [5, 5.41) is 2.13. The van der Waals surface area contributed by atoms with E-state index in [0.717, 1.165) is 27.0 Å². The maximum atomic E-state index is 5.52. The number of hydrogen-bond donors (Lipinski definition) is 1. The van der Waals surface area contributed by atoms with Crippen LogP contribution in [0.25, 0.3) is 11.1 Å². The third kappa shape index (κ3) is 2.60. The van der Waals surface area contributed by atoms with Crippen molar-refractivity contribution in [2.24, 2.45) is 17.8 Å². The summed E-state index contributed by atoms with van der Waals surface area (Å²) in [6, 6.07) is 20.0. The first-order valence-electron chi connectivity index (χ1n) is 9.83. The van der Waals surface area contributed by atoms with Gasteiger partial charge in [-0.1, -0.05) is 54.6 Å². The molecule has 5 unspecified atom stereocenters. The van der Waals surface area contributed by atoms with Crippen molar-refractivity contribution in [2.75, 3.05) is 0 Å². The van der Waals surface area contributed by atoms with Crippen LogP contribution in [0.3, 0.4) is 0 Å². The van der Waals surface area contributed by atoms with Crippen LogP contribution in [0.1, 0.15) is 35.6 Å². The lowest BCUT2D eigenvalue weighted by Crippen LogP contribution is -2.33. The number of aromatic nitrogens is 1. The van der Waals surface area contributed by atoms with Crippen LogP contribution in [0.15, 0.2) is 59.6 Å². The Hall–Kier alpha value is -1.36. The van der Waals surface area contributed by atoms with Gasteiger partial charge in [-0.2, -0.15) is 0 Å². The summed E-state index contributed by atoms with van der Waals surface area (Å²) in [6.07, 6.45) is 4.30. The van der Waals surface area contributed by atoms with E-state index in [9.17, 15) is 0 Å². The van der Waals surface area contributed by atoms with E-state index in [-0.39, 0.29) is 0 Å². The quantitative estimate of drug-likeness (QED) is 0.455. The van der Waals surface area contributed by atoms with Crippen molar-refractivity contribution < 1.29 is 0 Å². The van der Waals surface area contributed by atoms with E-state index >= 15 is 0 Å². The maximum absolute atomic E-state index is 5.52. The smallest absolute Gasteiger partial charge is 0.159 e. The third-order valence-electron chi connectivity index (χ3n) is 6.84. The highest BCUT2D eigenvalue weighted by Crippen LogP contribution is 2.64. The molecule has 136 valence electrons. The molecule has 27 heavy (non-hydrogen) atoms. The summed E-state index contributed by atoms with van der Waals surface area (Å²) in [5.41, 5.74) is 4.07. The number of fused-ring (bicyclic) bond motifs is 6. The molecule has 3 aliphatic rings. The third-order valence-corrected chi connectivity index (χ3v) is 9.82. The molecule has 0 radical (unpaired) electrons. The minimum Gasteiger partial charge on any atom is -0.332 e. The monoisotopic (exact) mass is 407 g/mol. The minimum absolute atomic E-state index is 0.518.